The number of aryl methyl sites for hydroxylation is 2. The number of nitrogens with one attached hydrogen (secondary N) is 1. The van der Waals surface area contributed by atoms with Gasteiger partial charge in [0.1, 0.15) is 0 Å². The van der Waals surface area contributed by atoms with Gasteiger partial charge >= 0.3 is 0 Å². The van der Waals surface area contributed by atoms with Gasteiger partial charge in [-0.05, 0) is 62.1 Å². The highest BCUT2D eigenvalue weighted by Gasteiger charge is 2.16. The molecule has 0 radical (unpaired) electrons. The number of hydrogen-bond acceptors (Lipinski definition) is 3. The number of nitrogens with two attached hydrogens (primary N) is 1. The Morgan fingerprint density at radius 2 is 1.66 bits per heavy atom. The van der Waals surface area contributed by atoms with Crippen molar-refractivity contribution in [2.24, 2.45) is 10.7 Å². The molecule has 29 heavy (non-hydrogen) atoms. The van der Waals surface area contributed by atoms with E-state index in [1.165, 1.54) is 23.1 Å². The molecular formula is C24H35N5. The van der Waals surface area contributed by atoms with Crippen LogP contribution < -0.4 is 11.1 Å². The first kappa shape index (κ1) is 21.3. The van der Waals surface area contributed by atoms with Crippen LogP contribution in [-0.2, 0) is 6.54 Å². The summed E-state index contributed by atoms with van der Waals surface area (Å²) < 4.78 is 0. The van der Waals surface area contributed by atoms with Gasteiger partial charge in [-0.15, -0.1) is 0 Å². The quantitative estimate of drug-likeness (QED) is 0.408. The topological polar surface area (TPSA) is 56.9 Å². The maximum absolute atomic E-state index is 6.02. The highest BCUT2D eigenvalue weighted by molar-refractivity contribution is 5.92. The van der Waals surface area contributed by atoms with Crippen molar-refractivity contribution in [3.05, 3.63) is 65.2 Å². The van der Waals surface area contributed by atoms with Crippen molar-refractivity contribution in [2.75, 3.05) is 44.6 Å². The number of anilines is 1. The van der Waals surface area contributed by atoms with Crippen molar-refractivity contribution >= 4 is 11.6 Å². The molecule has 1 saturated heterocycles. The Kier molecular flexibility index (Phi) is 8.08. The maximum atomic E-state index is 6.02. The van der Waals surface area contributed by atoms with Gasteiger partial charge in [-0.1, -0.05) is 36.4 Å². The molecule has 1 heterocycles. The van der Waals surface area contributed by atoms with E-state index in [9.17, 15) is 0 Å². The molecule has 0 spiro atoms. The van der Waals surface area contributed by atoms with Crippen LogP contribution in [0.15, 0.2) is 53.5 Å². The van der Waals surface area contributed by atoms with Gasteiger partial charge in [-0.2, -0.15) is 0 Å². The molecule has 5 heteroatoms. The summed E-state index contributed by atoms with van der Waals surface area (Å²) in [6.07, 6.45) is 2.23. The van der Waals surface area contributed by atoms with Gasteiger partial charge in [0.2, 0.25) is 0 Å². The molecule has 0 bridgehead atoms. The highest BCUT2D eigenvalue weighted by atomic mass is 15.3. The molecule has 0 amide bonds. The van der Waals surface area contributed by atoms with Crippen molar-refractivity contribution in [1.29, 1.82) is 0 Å². The molecular weight excluding hydrogens is 358 g/mol. The zero-order chi connectivity index (χ0) is 20.5. The molecule has 2 aromatic rings. The lowest BCUT2D eigenvalue weighted by atomic mass is 10.1. The number of hydrogen-bond donors (Lipinski definition) is 2. The van der Waals surface area contributed by atoms with E-state index in [0.29, 0.717) is 5.96 Å². The van der Waals surface area contributed by atoms with Crippen LogP contribution >= 0.6 is 0 Å². The third-order valence-corrected chi connectivity index (χ3v) is 5.66. The Bertz CT molecular complexity index is 779. The van der Waals surface area contributed by atoms with Crippen LogP contribution in [0.5, 0.6) is 0 Å². The SMILES string of the molecule is Cc1ccc(NC(N)=NCCCCN2CCN(Cc3ccccc3)CC2)cc1C. The molecule has 1 fully saturated rings. The summed E-state index contributed by atoms with van der Waals surface area (Å²) >= 11 is 0. The minimum absolute atomic E-state index is 0.503. The maximum Gasteiger partial charge on any atom is 0.193 e. The lowest BCUT2D eigenvalue weighted by molar-refractivity contribution is 0.126. The van der Waals surface area contributed by atoms with Gasteiger partial charge in [0.25, 0.3) is 0 Å². The second-order valence-corrected chi connectivity index (χ2v) is 8.00. The van der Waals surface area contributed by atoms with Crippen LogP contribution in [0, 0.1) is 13.8 Å². The summed E-state index contributed by atoms with van der Waals surface area (Å²) in [6, 6.07) is 17.0. The first-order chi connectivity index (χ1) is 14.1. The molecule has 156 valence electrons. The molecule has 1 aliphatic heterocycles. The molecule has 1 aliphatic rings. The number of piperazine rings is 1. The minimum atomic E-state index is 0.503. The number of nitrogens with zero attached hydrogens (tertiary/aromatic N) is 3. The second kappa shape index (κ2) is 11.0. The molecule has 0 aromatic heterocycles. The Morgan fingerprint density at radius 3 is 2.38 bits per heavy atom. The van der Waals surface area contributed by atoms with Gasteiger partial charge in [0.05, 0.1) is 0 Å². The molecule has 3 rings (SSSR count). The number of aliphatic imine (C=N–C) groups is 1. The number of benzene rings is 2. The molecule has 0 unspecified atom stereocenters. The molecule has 0 aliphatic carbocycles. The van der Waals surface area contributed by atoms with E-state index < -0.39 is 0 Å². The fourth-order valence-corrected chi connectivity index (χ4v) is 3.67. The predicted octanol–water partition coefficient (Wildman–Crippen LogP) is 3.63. The van der Waals surface area contributed by atoms with E-state index >= 15 is 0 Å². The Hall–Kier alpha value is -2.37. The summed E-state index contributed by atoms with van der Waals surface area (Å²) in [5.74, 6) is 0.503. The summed E-state index contributed by atoms with van der Waals surface area (Å²) in [5.41, 5.74) is 11.0. The van der Waals surface area contributed by atoms with Crippen LogP contribution in [0.4, 0.5) is 5.69 Å². The van der Waals surface area contributed by atoms with Crippen LogP contribution in [0.1, 0.15) is 29.5 Å². The molecule has 5 nitrogen and oxygen atoms in total. The van der Waals surface area contributed by atoms with Crippen molar-refractivity contribution < 1.29 is 0 Å². The van der Waals surface area contributed by atoms with Gasteiger partial charge in [-0.3, -0.25) is 9.89 Å². The van der Waals surface area contributed by atoms with Crippen molar-refractivity contribution in [2.45, 2.75) is 33.2 Å². The average molecular weight is 394 g/mol. The summed E-state index contributed by atoms with van der Waals surface area (Å²) in [6.45, 7) is 11.8. The standard InChI is InChI=1S/C24H35N5/c1-20-10-11-23(18-21(20)2)27-24(25)26-12-6-7-13-28-14-16-29(17-15-28)19-22-8-4-3-5-9-22/h3-5,8-11,18H,6-7,12-17,19H2,1-2H3,(H3,25,26,27). The third kappa shape index (κ3) is 7.18. The van der Waals surface area contributed by atoms with E-state index in [-0.39, 0.29) is 0 Å². The first-order valence-electron chi connectivity index (χ1n) is 10.7. The highest BCUT2D eigenvalue weighted by Crippen LogP contribution is 2.14. The number of guanidine groups is 1. The van der Waals surface area contributed by atoms with Crippen molar-refractivity contribution in [3.8, 4) is 0 Å². The monoisotopic (exact) mass is 393 g/mol. The van der Waals surface area contributed by atoms with E-state index in [1.54, 1.807) is 0 Å². The third-order valence-electron chi connectivity index (χ3n) is 5.66. The van der Waals surface area contributed by atoms with Crippen LogP contribution in [0.25, 0.3) is 0 Å². The normalized spacial score (nSPS) is 16.1. The summed E-state index contributed by atoms with van der Waals surface area (Å²) in [7, 11) is 0. The fourth-order valence-electron chi connectivity index (χ4n) is 3.67. The number of rotatable bonds is 8. The van der Waals surface area contributed by atoms with E-state index in [0.717, 1.165) is 57.9 Å². The molecule has 2 aromatic carbocycles. The largest absolute Gasteiger partial charge is 0.370 e. The van der Waals surface area contributed by atoms with Gasteiger partial charge < -0.3 is 16.0 Å². The van der Waals surface area contributed by atoms with E-state index in [2.05, 4.69) is 76.4 Å². The lowest BCUT2D eigenvalue weighted by Gasteiger charge is -2.34. The predicted molar refractivity (Wildman–Crippen MR) is 123 cm³/mol. The van der Waals surface area contributed by atoms with Crippen molar-refractivity contribution in [1.82, 2.24) is 9.80 Å². The van der Waals surface area contributed by atoms with Crippen molar-refractivity contribution in [3.63, 3.8) is 0 Å². The lowest BCUT2D eigenvalue weighted by Crippen LogP contribution is -2.46. The van der Waals surface area contributed by atoms with E-state index in [4.69, 9.17) is 5.73 Å². The average Bonchev–Trinajstić information content (AvgIpc) is 2.72. The zero-order valence-electron chi connectivity index (χ0n) is 17.9. The first-order valence-corrected chi connectivity index (χ1v) is 10.7. The van der Waals surface area contributed by atoms with Gasteiger partial charge in [0.15, 0.2) is 5.96 Å². The van der Waals surface area contributed by atoms with E-state index in [1.807, 2.05) is 6.07 Å². The van der Waals surface area contributed by atoms with Crippen LogP contribution in [-0.4, -0.2) is 55.0 Å². The minimum Gasteiger partial charge on any atom is -0.370 e. The summed E-state index contributed by atoms with van der Waals surface area (Å²) in [5, 5.41) is 3.19. The van der Waals surface area contributed by atoms with Gasteiger partial charge in [0, 0.05) is 45.0 Å². The Balaban J connectivity index is 1.29. The second-order valence-electron chi connectivity index (χ2n) is 8.00. The van der Waals surface area contributed by atoms with Gasteiger partial charge in [-0.25, -0.2) is 0 Å². The Morgan fingerprint density at radius 1 is 0.931 bits per heavy atom. The molecule has 3 N–H and O–H groups in total. The summed E-state index contributed by atoms with van der Waals surface area (Å²) in [4.78, 5) is 9.59. The Labute approximate surface area is 175 Å². The fraction of sp³-hybridized carbons (Fsp3) is 0.458. The number of unbranched alkanes of at least 4 members (excludes halogenated alkanes) is 1. The zero-order valence-corrected chi connectivity index (χ0v) is 17.9. The molecule has 0 atom stereocenters. The smallest absolute Gasteiger partial charge is 0.193 e. The van der Waals surface area contributed by atoms with Crippen LogP contribution in [0.2, 0.25) is 0 Å². The molecule has 0 saturated carbocycles. The van der Waals surface area contributed by atoms with Crippen LogP contribution in [0.3, 0.4) is 0 Å².